The van der Waals surface area contributed by atoms with E-state index in [0.29, 0.717) is 11.5 Å². The van der Waals surface area contributed by atoms with Gasteiger partial charge in [0.05, 0.1) is 0 Å². The lowest BCUT2D eigenvalue weighted by Crippen LogP contribution is -2.21. The molecule has 1 aliphatic rings. The van der Waals surface area contributed by atoms with Crippen LogP contribution in [-0.4, -0.2) is 0 Å². The SMILES string of the molecule is CCC1CC(c2cc(F)c(F)c(F)c2)C1. The van der Waals surface area contributed by atoms with Crippen LogP contribution >= 0.6 is 0 Å². The maximum Gasteiger partial charge on any atom is 0.194 e. The summed E-state index contributed by atoms with van der Waals surface area (Å²) in [5, 5.41) is 0. The predicted octanol–water partition coefficient (Wildman–Crippen LogP) is 4.01. The summed E-state index contributed by atoms with van der Waals surface area (Å²) in [6.07, 6.45) is 3.02. The quantitative estimate of drug-likeness (QED) is 0.652. The van der Waals surface area contributed by atoms with Crippen molar-refractivity contribution in [3.63, 3.8) is 0 Å². The minimum absolute atomic E-state index is 0.208. The summed E-state index contributed by atoms with van der Waals surface area (Å²) in [5.41, 5.74) is 0.594. The minimum atomic E-state index is -1.37. The third-order valence-corrected chi connectivity index (χ3v) is 3.29. The van der Waals surface area contributed by atoms with Crippen LogP contribution in [0.2, 0.25) is 0 Å². The fourth-order valence-corrected chi connectivity index (χ4v) is 2.15. The summed E-state index contributed by atoms with van der Waals surface area (Å²) in [6.45, 7) is 2.10. The highest BCUT2D eigenvalue weighted by Gasteiger charge is 2.30. The zero-order chi connectivity index (χ0) is 11.0. The van der Waals surface area contributed by atoms with E-state index in [1.165, 1.54) is 0 Å². The van der Waals surface area contributed by atoms with Crippen molar-refractivity contribution < 1.29 is 13.2 Å². The lowest BCUT2D eigenvalue weighted by atomic mass is 9.70. The van der Waals surface area contributed by atoms with Crippen LogP contribution in [0.15, 0.2) is 12.1 Å². The van der Waals surface area contributed by atoms with Gasteiger partial charge in [-0.2, -0.15) is 0 Å². The van der Waals surface area contributed by atoms with E-state index >= 15 is 0 Å². The Labute approximate surface area is 87.1 Å². The molecule has 0 unspecified atom stereocenters. The van der Waals surface area contributed by atoms with Crippen LogP contribution in [0.4, 0.5) is 13.2 Å². The van der Waals surface area contributed by atoms with Gasteiger partial charge in [0.25, 0.3) is 0 Å². The van der Waals surface area contributed by atoms with E-state index in [9.17, 15) is 13.2 Å². The molecular weight excluding hydrogens is 201 g/mol. The fourth-order valence-electron chi connectivity index (χ4n) is 2.15. The first-order valence-corrected chi connectivity index (χ1v) is 5.26. The second kappa shape index (κ2) is 3.87. The van der Waals surface area contributed by atoms with Crippen LogP contribution in [0.3, 0.4) is 0 Å². The highest BCUT2D eigenvalue weighted by Crippen LogP contribution is 2.43. The van der Waals surface area contributed by atoms with Gasteiger partial charge in [-0.15, -0.1) is 0 Å². The van der Waals surface area contributed by atoms with Crippen molar-refractivity contribution in [3.8, 4) is 0 Å². The van der Waals surface area contributed by atoms with Gasteiger partial charge in [-0.05, 0) is 42.4 Å². The molecule has 0 aliphatic heterocycles. The number of rotatable bonds is 2. The van der Waals surface area contributed by atoms with Crippen LogP contribution in [0, 0.1) is 23.4 Å². The zero-order valence-corrected chi connectivity index (χ0v) is 8.56. The van der Waals surface area contributed by atoms with Gasteiger partial charge in [-0.1, -0.05) is 13.3 Å². The topological polar surface area (TPSA) is 0 Å². The molecule has 0 aromatic heterocycles. The summed E-state index contributed by atoms with van der Waals surface area (Å²) < 4.78 is 38.5. The molecule has 82 valence electrons. The van der Waals surface area contributed by atoms with Crippen molar-refractivity contribution in [2.45, 2.75) is 32.1 Å². The zero-order valence-electron chi connectivity index (χ0n) is 8.56. The lowest BCUT2D eigenvalue weighted by Gasteiger charge is -2.35. The number of hydrogen-bond donors (Lipinski definition) is 0. The first-order chi connectivity index (χ1) is 7.11. The fraction of sp³-hybridized carbons (Fsp3) is 0.500. The highest BCUT2D eigenvalue weighted by molar-refractivity contribution is 5.25. The van der Waals surface area contributed by atoms with Crippen LogP contribution < -0.4 is 0 Å². The van der Waals surface area contributed by atoms with Gasteiger partial charge in [0.15, 0.2) is 17.5 Å². The van der Waals surface area contributed by atoms with Crippen molar-refractivity contribution in [2.24, 2.45) is 5.92 Å². The van der Waals surface area contributed by atoms with E-state index in [4.69, 9.17) is 0 Å². The van der Waals surface area contributed by atoms with Crippen LogP contribution in [0.1, 0.15) is 37.7 Å². The summed E-state index contributed by atoms with van der Waals surface area (Å²) in [5.74, 6) is -2.66. The van der Waals surface area contributed by atoms with Gasteiger partial charge < -0.3 is 0 Å². The molecule has 0 saturated heterocycles. The molecule has 0 spiro atoms. The molecule has 0 heterocycles. The Morgan fingerprint density at radius 1 is 1.13 bits per heavy atom. The van der Waals surface area contributed by atoms with Gasteiger partial charge in [-0.3, -0.25) is 0 Å². The monoisotopic (exact) mass is 214 g/mol. The summed E-state index contributed by atoms with van der Waals surface area (Å²) in [6, 6.07) is 2.24. The van der Waals surface area contributed by atoms with Gasteiger partial charge in [-0.25, -0.2) is 13.2 Å². The van der Waals surface area contributed by atoms with E-state index in [2.05, 4.69) is 6.92 Å². The molecule has 0 nitrogen and oxygen atoms in total. The smallest absolute Gasteiger partial charge is 0.194 e. The Balaban J connectivity index is 2.17. The van der Waals surface area contributed by atoms with Crippen LogP contribution in [0.5, 0.6) is 0 Å². The molecule has 1 aliphatic carbocycles. The standard InChI is InChI=1S/C12H13F3/c1-2-7-3-8(4-7)9-5-10(13)12(15)11(14)6-9/h5-8H,2-4H2,1H3. The largest absolute Gasteiger partial charge is 0.204 e. The second-order valence-corrected chi connectivity index (χ2v) is 4.24. The molecule has 1 fully saturated rings. The Morgan fingerprint density at radius 3 is 2.13 bits per heavy atom. The molecule has 0 atom stereocenters. The van der Waals surface area contributed by atoms with E-state index in [1.54, 1.807) is 0 Å². The lowest BCUT2D eigenvalue weighted by molar-refractivity contribution is 0.254. The van der Waals surface area contributed by atoms with E-state index in [-0.39, 0.29) is 5.92 Å². The summed E-state index contributed by atoms with van der Waals surface area (Å²) in [7, 11) is 0. The van der Waals surface area contributed by atoms with Crippen molar-refractivity contribution >= 4 is 0 Å². The van der Waals surface area contributed by atoms with E-state index in [0.717, 1.165) is 31.4 Å². The number of halogens is 3. The molecule has 15 heavy (non-hydrogen) atoms. The predicted molar refractivity (Wildman–Crippen MR) is 52.1 cm³/mol. The molecular formula is C12H13F3. The highest BCUT2D eigenvalue weighted by atomic mass is 19.2. The van der Waals surface area contributed by atoms with Gasteiger partial charge in [0.1, 0.15) is 0 Å². The molecule has 1 aromatic carbocycles. The molecule has 1 aromatic rings. The number of benzene rings is 1. The normalized spacial score (nSPS) is 25.1. The molecule has 0 radical (unpaired) electrons. The first-order valence-electron chi connectivity index (χ1n) is 5.26. The van der Waals surface area contributed by atoms with Crippen molar-refractivity contribution in [3.05, 3.63) is 35.1 Å². The van der Waals surface area contributed by atoms with Crippen molar-refractivity contribution in [1.82, 2.24) is 0 Å². The molecule has 0 bridgehead atoms. The third kappa shape index (κ3) is 1.87. The Bertz CT molecular complexity index is 344. The van der Waals surface area contributed by atoms with E-state index in [1.807, 2.05) is 0 Å². The molecule has 1 saturated carbocycles. The maximum atomic E-state index is 12.9. The average molecular weight is 214 g/mol. The molecule has 3 heteroatoms. The Hall–Kier alpha value is -0.990. The Morgan fingerprint density at radius 2 is 1.67 bits per heavy atom. The van der Waals surface area contributed by atoms with Crippen LogP contribution in [0.25, 0.3) is 0 Å². The van der Waals surface area contributed by atoms with E-state index < -0.39 is 17.5 Å². The van der Waals surface area contributed by atoms with Gasteiger partial charge in [0.2, 0.25) is 0 Å². The average Bonchev–Trinajstić information content (AvgIpc) is 2.12. The van der Waals surface area contributed by atoms with Gasteiger partial charge >= 0.3 is 0 Å². The minimum Gasteiger partial charge on any atom is -0.204 e. The van der Waals surface area contributed by atoms with Gasteiger partial charge in [0, 0.05) is 0 Å². The second-order valence-electron chi connectivity index (χ2n) is 4.24. The Kier molecular flexibility index (Phi) is 2.72. The van der Waals surface area contributed by atoms with Crippen molar-refractivity contribution in [2.75, 3.05) is 0 Å². The molecule has 0 amide bonds. The molecule has 2 rings (SSSR count). The van der Waals surface area contributed by atoms with Crippen molar-refractivity contribution in [1.29, 1.82) is 0 Å². The number of hydrogen-bond acceptors (Lipinski definition) is 0. The summed E-state index contributed by atoms with van der Waals surface area (Å²) >= 11 is 0. The maximum absolute atomic E-state index is 12.9. The summed E-state index contributed by atoms with van der Waals surface area (Å²) in [4.78, 5) is 0. The molecule has 0 N–H and O–H groups in total. The van der Waals surface area contributed by atoms with Crippen LogP contribution in [-0.2, 0) is 0 Å². The first kappa shape index (κ1) is 10.5. The third-order valence-electron chi connectivity index (χ3n) is 3.29.